The highest BCUT2D eigenvalue weighted by molar-refractivity contribution is 5.85. The lowest BCUT2D eigenvalue weighted by Crippen LogP contribution is -2.42. The van der Waals surface area contributed by atoms with Crippen molar-refractivity contribution in [2.24, 2.45) is 0 Å². The van der Waals surface area contributed by atoms with Gasteiger partial charge in [0.15, 0.2) is 0 Å². The number of nitrogens with zero attached hydrogens (tertiary/aromatic N) is 1. The van der Waals surface area contributed by atoms with Crippen molar-refractivity contribution >= 4 is 5.97 Å². The molecule has 1 aliphatic heterocycles. The first-order chi connectivity index (χ1) is 7.25. The molecule has 0 unspecified atom stereocenters. The summed E-state index contributed by atoms with van der Waals surface area (Å²) in [5.74, 6) is -0.901. The van der Waals surface area contributed by atoms with Gasteiger partial charge in [-0.3, -0.25) is 4.90 Å². The fourth-order valence-corrected chi connectivity index (χ4v) is 1.78. The van der Waals surface area contributed by atoms with Crippen LogP contribution in [0.4, 0.5) is 0 Å². The second-order valence-corrected chi connectivity index (χ2v) is 3.75. The van der Waals surface area contributed by atoms with Gasteiger partial charge < -0.3 is 15.4 Å². The Labute approximate surface area is 88.1 Å². The van der Waals surface area contributed by atoms with Gasteiger partial charge in [-0.25, -0.2) is 4.79 Å². The average molecular weight is 209 g/mol. The Morgan fingerprint density at radius 1 is 1.47 bits per heavy atom. The highest BCUT2D eigenvalue weighted by Crippen LogP contribution is 2.07. The summed E-state index contributed by atoms with van der Waals surface area (Å²) in [7, 11) is 0. The van der Waals surface area contributed by atoms with Crippen LogP contribution in [0.3, 0.4) is 0 Å². The highest BCUT2D eigenvalue weighted by atomic mass is 16.4. The molecule has 1 saturated heterocycles. The molecule has 0 bridgehead atoms. The van der Waals surface area contributed by atoms with E-state index in [-0.39, 0.29) is 5.69 Å². The van der Waals surface area contributed by atoms with Gasteiger partial charge in [0.2, 0.25) is 0 Å². The molecule has 3 N–H and O–H groups in total. The monoisotopic (exact) mass is 209 g/mol. The molecule has 1 aromatic heterocycles. The molecule has 5 nitrogen and oxygen atoms in total. The smallest absolute Gasteiger partial charge is 0.352 e. The van der Waals surface area contributed by atoms with Gasteiger partial charge in [-0.1, -0.05) is 0 Å². The zero-order valence-electron chi connectivity index (χ0n) is 8.49. The molecule has 2 heterocycles. The summed E-state index contributed by atoms with van der Waals surface area (Å²) in [5, 5.41) is 12.0. The van der Waals surface area contributed by atoms with Gasteiger partial charge in [-0.2, -0.15) is 0 Å². The number of nitrogens with one attached hydrogen (secondary N) is 2. The number of carbonyl (C=O) groups is 1. The molecule has 0 atom stereocenters. The van der Waals surface area contributed by atoms with E-state index in [0.29, 0.717) is 0 Å². The second-order valence-electron chi connectivity index (χ2n) is 3.75. The van der Waals surface area contributed by atoms with Crippen molar-refractivity contribution in [3.05, 3.63) is 23.5 Å². The second kappa shape index (κ2) is 4.46. The van der Waals surface area contributed by atoms with E-state index >= 15 is 0 Å². The Morgan fingerprint density at radius 3 is 2.80 bits per heavy atom. The summed E-state index contributed by atoms with van der Waals surface area (Å²) >= 11 is 0. The van der Waals surface area contributed by atoms with Crippen LogP contribution in [-0.2, 0) is 6.54 Å². The van der Waals surface area contributed by atoms with E-state index in [2.05, 4.69) is 15.2 Å². The molecule has 5 heteroatoms. The first-order valence-corrected chi connectivity index (χ1v) is 5.09. The summed E-state index contributed by atoms with van der Waals surface area (Å²) in [4.78, 5) is 15.7. The average Bonchev–Trinajstić information content (AvgIpc) is 2.68. The summed E-state index contributed by atoms with van der Waals surface area (Å²) in [6.45, 7) is 4.89. The number of rotatable bonds is 3. The van der Waals surface area contributed by atoms with Crippen molar-refractivity contribution in [3.63, 3.8) is 0 Å². The van der Waals surface area contributed by atoms with Crippen LogP contribution in [0.2, 0.25) is 0 Å². The Bertz CT molecular complexity index is 342. The molecular weight excluding hydrogens is 194 g/mol. The lowest BCUT2D eigenvalue weighted by molar-refractivity contribution is 0.0691. The quantitative estimate of drug-likeness (QED) is 0.661. The normalized spacial score (nSPS) is 17.9. The molecule has 2 rings (SSSR count). The number of hydrogen-bond donors (Lipinski definition) is 3. The van der Waals surface area contributed by atoms with Crippen LogP contribution >= 0.6 is 0 Å². The predicted octanol–water partition coefficient (Wildman–Crippen LogP) is 0.118. The van der Waals surface area contributed by atoms with Crippen molar-refractivity contribution in [2.75, 3.05) is 26.2 Å². The van der Waals surface area contributed by atoms with Crippen molar-refractivity contribution in [1.29, 1.82) is 0 Å². The van der Waals surface area contributed by atoms with E-state index in [4.69, 9.17) is 5.11 Å². The minimum absolute atomic E-state index is 0.264. The first kappa shape index (κ1) is 10.2. The molecule has 0 saturated carbocycles. The topological polar surface area (TPSA) is 68.4 Å². The molecule has 82 valence electrons. The van der Waals surface area contributed by atoms with E-state index in [0.717, 1.165) is 38.3 Å². The zero-order valence-corrected chi connectivity index (χ0v) is 8.49. The maximum Gasteiger partial charge on any atom is 0.352 e. The third kappa shape index (κ3) is 2.57. The minimum atomic E-state index is -0.901. The molecule has 15 heavy (non-hydrogen) atoms. The Kier molecular flexibility index (Phi) is 3.03. The molecule has 1 aliphatic rings. The van der Waals surface area contributed by atoms with Crippen LogP contribution in [-0.4, -0.2) is 47.1 Å². The number of H-pyrrole nitrogens is 1. The molecule has 0 aromatic carbocycles. The number of aromatic carboxylic acids is 1. The number of carboxylic acid groups (broad SMARTS) is 1. The standard InChI is InChI=1S/C10H15N3O2/c14-10(15)9-5-8(6-12-9)7-13-3-1-11-2-4-13/h5-6,11-12H,1-4,7H2,(H,14,15). The van der Waals surface area contributed by atoms with Crippen molar-refractivity contribution in [1.82, 2.24) is 15.2 Å². The van der Waals surface area contributed by atoms with Crippen LogP contribution < -0.4 is 5.32 Å². The fourth-order valence-electron chi connectivity index (χ4n) is 1.78. The SMILES string of the molecule is O=C(O)c1cc(CN2CCNCC2)c[nH]1. The maximum atomic E-state index is 10.7. The Morgan fingerprint density at radius 2 is 2.20 bits per heavy atom. The number of hydrogen-bond acceptors (Lipinski definition) is 3. The molecule has 0 aliphatic carbocycles. The van der Waals surface area contributed by atoms with Gasteiger partial charge in [0.1, 0.15) is 5.69 Å². The fraction of sp³-hybridized carbons (Fsp3) is 0.500. The summed E-state index contributed by atoms with van der Waals surface area (Å²) in [6, 6.07) is 1.70. The molecule has 1 fully saturated rings. The minimum Gasteiger partial charge on any atom is -0.477 e. The Hall–Kier alpha value is -1.33. The van der Waals surface area contributed by atoms with E-state index in [1.165, 1.54) is 0 Å². The van der Waals surface area contributed by atoms with Gasteiger partial charge in [0.05, 0.1) is 0 Å². The van der Waals surface area contributed by atoms with Crippen LogP contribution in [0.25, 0.3) is 0 Å². The molecule has 1 aromatic rings. The maximum absolute atomic E-state index is 10.7. The van der Waals surface area contributed by atoms with E-state index in [1.807, 2.05) is 0 Å². The molecule has 0 radical (unpaired) electrons. The van der Waals surface area contributed by atoms with Gasteiger partial charge in [0.25, 0.3) is 0 Å². The van der Waals surface area contributed by atoms with Crippen molar-refractivity contribution < 1.29 is 9.90 Å². The van der Waals surface area contributed by atoms with E-state index in [9.17, 15) is 4.79 Å². The summed E-state index contributed by atoms with van der Waals surface area (Å²) < 4.78 is 0. The lowest BCUT2D eigenvalue weighted by Gasteiger charge is -2.26. The van der Waals surface area contributed by atoms with Crippen LogP contribution in [0.1, 0.15) is 16.1 Å². The number of carboxylic acids is 1. The molecular formula is C10H15N3O2. The van der Waals surface area contributed by atoms with Gasteiger partial charge in [-0.15, -0.1) is 0 Å². The first-order valence-electron chi connectivity index (χ1n) is 5.09. The van der Waals surface area contributed by atoms with Gasteiger partial charge in [-0.05, 0) is 11.6 Å². The lowest BCUT2D eigenvalue weighted by atomic mass is 10.2. The largest absolute Gasteiger partial charge is 0.477 e. The summed E-state index contributed by atoms with van der Waals surface area (Å²) in [6.07, 6.45) is 1.77. The summed E-state index contributed by atoms with van der Waals surface area (Å²) in [5.41, 5.74) is 1.30. The third-order valence-electron chi connectivity index (χ3n) is 2.59. The van der Waals surface area contributed by atoms with Crippen molar-refractivity contribution in [3.8, 4) is 0 Å². The molecule has 0 amide bonds. The molecule has 0 spiro atoms. The zero-order chi connectivity index (χ0) is 10.7. The van der Waals surface area contributed by atoms with Crippen LogP contribution in [0.5, 0.6) is 0 Å². The van der Waals surface area contributed by atoms with Crippen LogP contribution in [0, 0.1) is 0 Å². The van der Waals surface area contributed by atoms with Gasteiger partial charge in [0, 0.05) is 38.9 Å². The van der Waals surface area contributed by atoms with Crippen LogP contribution in [0.15, 0.2) is 12.3 Å². The number of aromatic nitrogens is 1. The number of aromatic amines is 1. The third-order valence-corrected chi connectivity index (χ3v) is 2.59. The van der Waals surface area contributed by atoms with Gasteiger partial charge >= 0.3 is 5.97 Å². The highest BCUT2D eigenvalue weighted by Gasteiger charge is 2.12. The Balaban J connectivity index is 1.94. The predicted molar refractivity (Wildman–Crippen MR) is 55.9 cm³/mol. The van der Waals surface area contributed by atoms with Crippen molar-refractivity contribution in [2.45, 2.75) is 6.54 Å². The van der Waals surface area contributed by atoms with E-state index in [1.54, 1.807) is 12.3 Å². The number of piperazine rings is 1. The van der Waals surface area contributed by atoms with E-state index < -0.39 is 5.97 Å².